The molecular formula is C11H14N2O2. The molecule has 1 heterocycles. The van der Waals surface area contributed by atoms with Gasteiger partial charge in [0, 0.05) is 19.6 Å². The second-order valence-electron chi connectivity index (χ2n) is 3.47. The number of aromatic nitrogens is 1. The molecule has 2 aromatic rings. The molecule has 0 fully saturated rings. The standard InChI is InChI=1S/C11H14N2O2/c1-14-6-9(5-12)8-2-3-10-11(4-8)15-7-13-10/h2-4,7,9H,5-6,12H2,1H3. The van der Waals surface area contributed by atoms with Crippen LogP contribution in [0.5, 0.6) is 0 Å². The molecule has 2 rings (SSSR count). The van der Waals surface area contributed by atoms with Gasteiger partial charge in [0.25, 0.3) is 0 Å². The maximum absolute atomic E-state index is 5.68. The van der Waals surface area contributed by atoms with Gasteiger partial charge in [0.15, 0.2) is 12.0 Å². The van der Waals surface area contributed by atoms with E-state index in [9.17, 15) is 0 Å². The Balaban J connectivity index is 2.33. The number of nitrogens with zero attached hydrogens (tertiary/aromatic N) is 1. The van der Waals surface area contributed by atoms with E-state index < -0.39 is 0 Å². The molecule has 0 saturated carbocycles. The highest BCUT2D eigenvalue weighted by Crippen LogP contribution is 2.20. The molecule has 0 aliphatic rings. The van der Waals surface area contributed by atoms with E-state index >= 15 is 0 Å². The van der Waals surface area contributed by atoms with E-state index in [1.54, 1.807) is 7.11 Å². The van der Waals surface area contributed by atoms with Crippen molar-refractivity contribution in [2.45, 2.75) is 5.92 Å². The van der Waals surface area contributed by atoms with Crippen molar-refractivity contribution < 1.29 is 9.15 Å². The summed E-state index contributed by atoms with van der Waals surface area (Å²) in [5.74, 6) is 0.212. The van der Waals surface area contributed by atoms with Gasteiger partial charge in [-0.05, 0) is 17.7 Å². The van der Waals surface area contributed by atoms with Gasteiger partial charge in [-0.2, -0.15) is 0 Å². The third-order valence-electron chi connectivity index (χ3n) is 2.48. The fourth-order valence-electron chi connectivity index (χ4n) is 1.63. The zero-order chi connectivity index (χ0) is 10.7. The maximum Gasteiger partial charge on any atom is 0.181 e. The van der Waals surface area contributed by atoms with E-state index in [0.29, 0.717) is 13.2 Å². The minimum Gasteiger partial charge on any atom is -0.443 e. The zero-order valence-electron chi connectivity index (χ0n) is 8.64. The normalized spacial score (nSPS) is 13.2. The first-order valence-corrected chi connectivity index (χ1v) is 4.87. The number of hydrogen-bond acceptors (Lipinski definition) is 4. The lowest BCUT2D eigenvalue weighted by atomic mass is 10.00. The summed E-state index contributed by atoms with van der Waals surface area (Å²) in [6, 6.07) is 5.92. The van der Waals surface area contributed by atoms with Crippen molar-refractivity contribution in [2.24, 2.45) is 5.73 Å². The fourth-order valence-corrected chi connectivity index (χ4v) is 1.63. The van der Waals surface area contributed by atoms with E-state index in [4.69, 9.17) is 14.9 Å². The van der Waals surface area contributed by atoms with E-state index in [1.807, 2.05) is 18.2 Å². The minimum absolute atomic E-state index is 0.212. The second kappa shape index (κ2) is 4.42. The maximum atomic E-state index is 5.68. The molecule has 1 unspecified atom stereocenters. The SMILES string of the molecule is COCC(CN)c1ccc2ncoc2c1. The van der Waals surface area contributed by atoms with Crippen LogP contribution in [-0.4, -0.2) is 25.2 Å². The average Bonchev–Trinajstić information content (AvgIpc) is 2.72. The molecule has 1 atom stereocenters. The summed E-state index contributed by atoms with van der Waals surface area (Å²) in [5.41, 5.74) is 8.47. The first-order chi connectivity index (χ1) is 7.35. The predicted molar refractivity (Wildman–Crippen MR) is 57.7 cm³/mol. The summed E-state index contributed by atoms with van der Waals surface area (Å²) in [7, 11) is 1.68. The third-order valence-corrected chi connectivity index (χ3v) is 2.48. The summed E-state index contributed by atoms with van der Waals surface area (Å²) in [4.78, 5) is 4.06. The van der Waals surface area contributed by atoms with Gasteiger partial charge in [0.1, 0.15) is 5.52 Å². The predicted octanol–water partition coefficient (Wildman–Crippen LogP) is 1.52. The van der Waals surface area contributed by atoms with Crippen molar-refractivity contribution in [3.05, 3.63) is 30.2 Å². The van der Waals surface area contributed by atoms with E-state index in [-0.39, 0.29) is 5.92 Å². The van der Waals surface area contributed by atoms with E-state index in [2.05, 4.69) is 4.98 Å². The number of hydrogen-bond donors (Lipinski definition) is 1. The van der Waals surface area contributed by atoms with Crippen molar-refractivity contribution >= 4 is 11.1 Å². The van der Waals surface area contributed by atoms with E-state index in [0.717, 1.165) is 16.7 Å². The number of oxazole rings is 1. The molecule has 2 N–H and O–H groups in total. The van der Waals surface area contributed by atoms with Crippen LogP contribution >= 0.6 is 0 Å². The van der Waals surface area contributed by atoms with Crippen molar-refractivity contribution in [3.8, 4) is 0 Å². The zero-order valence-corrected chi connectivity index (χ0v) is 8.64. The number of benzene rings is 1. The molecule has 0 saturated heterocycles. The van der Waals surface area contributed by atoms with Crippen molar-refractivity contribution in [2.75, 3.05) is 20.3 Å². The Morgan fingerprint density at radius 3 is 3.13 bits per heavy atom. The summed E-state index contributed by atoms with van der Waals surface area (Å²) in [5, 5.41) is 0. The molecule has 0 bridgehead atoms. The van der Waals surface area contributed by atoms with Crippen LogP contribution in [0.2, 0.25) is 0 Å². The van der Waals surface area contributed by atoms with Crippen LogP contribution in [0.15, 0.2) is 29.0 Å². The van der Waals surface area contributed by atoms with Gasteiger partial charge in [-0.15, -0.1) is 0 Å². The Bertz CT molecular complexity index is 439. The summed E-state index contributed by atoms with van der Waals surface area (Å²) < 4.78 is 10.4. The smallest absolute Gasteiger partial charge is 0.181 e. The van der Waals surface area contributed by atoms with Gasteiger partial charge in [-0.25, -0.2) is 4.98 Å². The Hall–Kier alpha value is -1.39. The molecule has 80 valence electrons. The third kappa shape index (κ3) is 2.00. The highest BCUT2D eigenvalue weighted by molar-refractivity contribution is 5.72. The van der Waals surface area contributed by atoms with Crippen LogP contribution in [-0.2, 0) is 4.74 Å². The Labute approximate surface area is 88.0 Å². The molecule has 1 aromatic heterocycles. The largest absolute Gasteiger partial charge is 0.443 e. The highest BCUT2D eigenvalue weighted by atomic mass is 16.5. The molecule has 4 heteroatoms. The van der Waals surface area contributed by atoms with Crippen molar-refractivity contribution in [1.82, 2.24) is 4.98 Å². The minimum atomic E-state index is 0.212. The molecule has 0 aliphatic heterocycles. The van der Waals surface area contributed by atoms with Gasteiger partial charge in [0.2, 0.25) is 0 Å². The van der Waals surface area contributed by atoms with Crippen LogP contribution in [0.1, 0.15) is 11.5 Å². The Morgan fingerprint density at radius 2 is 2.40 bits per heavy atom. The highest BCUT2D eigenvalue weighted by Gasteiger charge is 2.10. The van der Waals surface area contributed by atoms with Gasteiger partial charge < -0.3 is 14.9 Å². The van der Waals surface area contributed by atoms with Crippen molar-refractivity contribution in [3.63, 3.8) is 0 Å². The van der Waals surface area contributed by atoms with Crippen LogP contribution in [0.4, 0.5) is 0 Å². The van der Waals surface area contributed by atoms with Crippen LogP contribution in [0.3, 0.4) is 0 Å². The number of methoxy groups -OCH3 is 1. The van der Waals surface area contributed by atoms with Crippen molar-refractivity contribution in [1.29, 1.82) is 0 Å². The average molecular weight is 206 g/mol. The number of rotatable bonds is 4. The lowest BCUT2D eigenvalue weighted by molar-refractivity contribution is 0.181. The molecule has 0 radical (unpaired) electrons. The van der Waals surface area contributed by atoms with Gasteiger partial charge in [-0.1, -0.05) is 6.07 Å². The molecular weight excluding hydrogens is 192 g/mol. The van der Waals surface area contributed by atoms with E-state index in [1.165, 1.54) is 6.39 Å². The number of nitrogens with two attached hydrogens (primary N) is 1. The molecule has 0 aliphatic carbocycles. The lowest BCUT2D eigenvalue weighted by Crippen LogP contribution is -2.17. The van der Waals surface area contributed by atoms with Gasteiger partial charge in [-0.3, -0.25) is 0 Å². The quantitative estimate of drug-likeness (QED) is 0.823. The molecule has 0 spiro atoms. The van der Waals surface area contributed by atoms with Crippen LogP contribution in [0.25, 0.3) is 11.1 Å². The summed E-state index contributed by atoms with van der Waals surface area (Å²) in [6.07, 6.45) is 1.45. The number of ether oxygens (including phenoxy) is 1. The monoisotopic (exact) mass is 206 g/mol. The second-order valence-corrected chi connectivity index (χ2v) is 3.47. The molecule has 4 nitrogen and oxygen atoms in total. The first kappa shape index (κ1) is 10.1. The fraction of sp³-hybridized carbons (Fsp3) is 0.364. The van der Waals surface area contributed by atoms with Crippen LogP contribution in [0, 0.1) is 0 Å². The summed E-state index contributed by atoms with van der Waals surface area (Å²) >= 11 is 0. The first-order valence-electron chi connectivity index (χ1n) is 4.87. The topological polar surface area (TPSA) is 61.3 Å². The van der Waals surface area contributed by atoms with Gasteiger partial charge in [0.05, 0.1) is 6.61 Å². The molecule has 15 heavy (non-hydrogen) atoms. The molecule has 1 aromatic carbocycles. The lowest BCUT2D eigenvalue weighted by Gasteiger charge is -2.13. The Kier molecular flexibility index (Phi) is 2.99. The molecule has 0 amide bonds. The summed E-state index contributed by atoms with van der Waals surface area (Å²) in [6.45, 7) is 1.18. The van der Waals surface area contributed by atoms with Crippen LogP contribution < -0.4 is 5.73 Å². The number of fused-ring (bicyclic) bond motifs is 1. The van der Waals surface area contributed by atoms with Gasteiger partial charge >= 0.3 is 0 Å². The Morgan fingerprint density at radius 1 is 1.53 bits per heavy atom.